The summed E-state index contributed by atoms with van der Waals surface area (Å²) in [5, 5.41) is 0. The highest BCUT2D eigenvalue weighted by molar-refractivity contribution is 9.10. The molecule has 0 unspecified atom stereocenters. The molecule has 0 spiro atoms. The Kier molecular flexibility index (Phi) is 2.84. The normalized spacial score (nSPS) is 11.4. The fraction of sp³-hybridized carbons (Fsp3) is 0.125. The van der Waals surface area contributed by atoms with Crippen LogP contribution in [0, 0.1) is 0 Å². The quantitative estimate of drug-likeness (QED) is 0.628. The summed E-state index contributed by atoms with van der Waals surface area (Å²) in [6.45, 7) is 0. The second-order valence-corrected chi connectivity index (χ2v) is 3.43. The van der Waals surface area contributed by atoms with Crippen LogP contribution in [0.2, 0.25) is 0 Å². The smallest absolute Gasteiger partial charge is 0.398 e. The maximum atomic E-state index is 12.3. The zero-order chi connectivity index (χ0) is 10.9. The van der Waals surface area contributed by atoms with Gasteiger partial charge in [0.15, 0.2) is 6.29 Å². The molecule has 2 N–H and O–H groups in total. The third kappa shape index (κ3) is 2.06. The van der Waals surface area contributed by atoms with Crippen molar-refractivity contribution >= 4 is 27.9 Å². The van der Waals surface area contributed by atoms with Crippen molar-refractivity contribution in [2.24, 2.45) is 0 Å². The van der Waals surface area contributed by atoms with Crippen molar-refractivity contribution in [1.29, 1.82) is 0 Å². The molecule has 0 aromatic heterocycles. The van der Waals surface area contributed by atoms with Gasteiger partial charge in [0, 0.05) is 15.7 Å². The van der Waals surface area contributed by atoms with Crippen LogP contribution in [-0.4, -0.2) is 6.29 Å². The molecule has 0 aliphatic carbocycles. The van der Waals surface area contributed by atoms with Crippen LogP contribution in [0.4, 0.5) is 18.9 Å². The Hall–Kier alpha value is -1.04. The second kappa shape index (κ2) is 3.61. The van der Waals surface area contributed by atoms with Gasteiger partial charge in [0.2, 0.25) is 0 Å². The predicted octanol–water partition coefficient (Wildman–Crippen LogP) is 2.86. The summed E-state index contributed by atoms with van der Waals surface area (Å²) < 4.78 is 36.7. The fourth-order valence-corrected chi connectivity index (χ4v) is 1.51. The first-order chi connectivity index (χ1) is 6.36. The van der Waals surface area contributed by atoms with E-state index in [-0.39, 0.29) is 15.7 Å². The molecule has 0 heterocycles. The van der Waals surface area contributed by atoms with Gasteiger partial charge in [0.1, 0.15) is 0 Å². The molecule has 0 atom stereocenters. The lowest BCUT2D eigenvalue weighted by molar-refractivity contribution is -0.138. The summed E-state index contributed by atoms with van der Waals surface area (Å²) in [6.07, 6.45) is -4.07. The maximum Gasteiger partial charge on any atom is 0.417 e. The first kappa shape index (κ1) is 11.0. The molecule has 6 heteroatoms. The van der Waals surface area contributed by atoms with E-state index in [1.54, 1.807) is 0 Å². The molecule has 1 aromatic rings. The standard InChI is InChI=1S/C8H5BrF3NO/c9-6-1-4(3-14)7(13)2-5(6)8(10,11)12/h1-3H,13H2. The van der Waals surface area contributed by atoms with Gasteiger partial charge in [-0.2, -0.15) is 13.2 Å². The monoisotopic (exact) mass is 267 g/mol. The first-order valence-electron chi connectivity index (χ1n) is 3.47. The Labute approximate surface area is 86.0 Å². The van der Waals surface area contributed by atoms with E-state index in [1.165, 1.54) is 0 Å². The number of alkyl halides is 3. The van der Waals surface area contributed by atoms with Crippen molar-refractivity contribution in [3.8, 4) is 0 Å². The van der Waals surface area contributed by atoms with Gasteiger partial charge in [-0.15, -0.1) is 0 Å². The van der Waals surface area contributed by atoms with E-state index in [9.17, 15) is 18.0 Å². The minimum atomic E-state index is -4.48. The lowest BCUT2D eigenvalue weighted by Crippen LogP contribution is -2.08. The number of anilines is 1. The van der Waals surface area contributed by atoms with E-state index in [0.29, 0.717) is 6.29 Å². The highest BCUT2D eigenvalue weighted by atomic mass is 79.9. The van der Waals surface area contributed by atoms with E-state index in [2.05, 4.69) is 15.9 Å². The van der Waals surface area contributed by atoms with Crippen LogP contribution >= 0.6 is 15.9 Å². The Morgan fingerprint density at radius 2 is 1.93 bits per heavy atom. The van der Waals surface area contributed by atoms with E-state index in [1.807, 2.05) is 0 Å². The number of nitrogen functional groups attached to an aromatic ring is 1. The van der Waals surface area contributed by atoms with Crippen LogP contribution in [-0.2, 0) is 6.18 Å². The van der Waals surface area contributed by atoms with Crippen molar-refractivity contribution in [1.82, 2.24) is 0 Å². The summed E-state index contributed by atoms with van der Waals surface area (Å²) in [5.41, 5.74) is 4.20. The number of nitrogens with two attached hydrogens (primary N) is 1. The van der Waals surface area contributed by atoms with E-state index in [0.717, 1.165) is 12.1 Å². The highest BCUT2D eigenvalue weighted by Gasteiger charge is 2.33. The molecule has 76 valence electrons. The number of hydrogen-bond acceptors (Lipinski definition) is 2. The molecule has 0 saturated heterocycles. The Bertz CT molecular complexity index is 376. The molecule has 1 aromatic carbocycles. The Morgan fingerprint density at radius 1 is 1.36 bits per heavy atom. The van der Waals surface area contributed by atoms with Crippen molar-refractivity contribution in [2.75, 3.05) is 5.73 Å². The molecule has 0 amide bonds. The first-order valence-corrected chi connectivity index (χ1v) is 4.27. The zero-order valence-corrected chi connectivity index (χ0v) is 8.32. The number of aldehydes is 1. The summed E-state index contributed by atoms with van der Waals surface area (Å²) in [4.78, 5) is 10.4. The summed E-state index contributed by atoms with van der Waals surface area (Å²) in [5.74, 6) is 0. The largest absolute Gasteiger partial charge is 0.417 e. The number of rotatable bonds is 1. The Balaban J connectivity index is 3.36. The predicted molar refractivity (Wildman–Crippen MR) is 48.9 cm³/mol. The SMILES string of the molecule is Nc1cc(C(F)(F)F)c(Br)cc1C=O. The lowest BCUT2D eigenvalue weighted by Gasteiger charge is -2.10. The van der Waals surface area contributed by atoms with Crippen LogP contribution in [0.15, 0.2) is 16.6 Å². The highest BCUT2D eigenvalue weighted by Crippen LogP contribution is 2.36. The lowest BCUT2D eigenvalue weighted by atomic mass is 10.1. The van der Waals surface area contributed by atoms with Gasteiger partial charge in [-0.25, -0.2) is 0 Å². The molecular weight excluding hydrogens is 263 g/mol. The Morgan fingerprint density at radius 3 is 2.36 bits per heavy atom. The number of carbonyl (C=O) groups excluding carboxylic acids is 1. The second-order valence-electron chi connectivity index (χ2n) is 2.58. The average molecular weight is 268 g/mol. The molecule has 2 nitrogen and oxygen atoms in total. The van der Waals surface area contributed by atoms with E-state index >= 15 is 0 Å². The number of carbonyl (C=O) groups is 1. The van der Waals surface area contributed by atoms with Gasteiger partial charge in [-0.3, -0.25) is 4.79 Å². The third-order valence-electron chi connectivity index (χ3n) is 1.61. The van der Waals surface area contributed by atoms with Gasteiger partial charge in [0.05, 0.1) is 5.56 Å². The van der Waals surface area contributed by atoms with Gasteiger partial charge >= 0.3 is 6.18 Å². The van der Waals surface area contributed by atoms with Crippen molar-refractivity contribution in [3.05, 3.63) is 27.7 Å². The molecule has 1 rings (SSSR count). The van der Waals surface area contributed by atoms with Crippen molar-refractivity contribution < 1.29 is 18.0 Å². The number of halogens is 4. The maximum absolute atomic E-state index is 12.3. The molecule has 0 saturated carbocycles. The molecular formula is C8H5BrF3NO. The van der Waals surface area contributed by atoms with Gasteiger partial charge in [-0.1, -0.05) is 15.9 Å². The number of benzene rings is 1. The van der Waals surface area contributed by atoms with Crippen LogP contribution in [0.3, 0.4) is 0 Å². The minimum Gasteiger partial charge on any atom is -0.398 e. The minimum absolute atomic E-state index is 0.0323. The van der Waals surface area contributed by atoms with Gasteiger partial charge in [0.25, 0.3) is 0 Å². The van der Waals surface area contributed by atoms with Gasteiger partial charge < -0.3 is 5.73 Å². The molecule has 0 radical (unpaired) electrons. The van der Waals surface area contributed by atoms with E-state index in [4.69, 9.17) is 5.73 Å². The van der Waals surface area contributed by atoms with Crippen LogP contribution in [0.5, 0.6) is 0 Å². The summed E-state index contributed by atoms with van der Waals surface area (Å²) in [7, 11) is 0. The molecule has 0 aliphatic heterocycles. The van der Waals surface area contributed by atoms with Crippen LogP contribution in [0.25, 0.3) is 0 Å². The van der Waals surface area contributed by atoms with Crippen LogP contribution in [0.1, 0.15) is 15.9 Å². The van der Waals surface area contributed by atoms with Crippen molar-refractivity contribution in [3.63, 3.8) is 0 Å². The molecule has 0 bridgehead atoms. The van der Waals surface area contributed by atoms with Crippen molar-refractivity contribution in [2.45, 2.75) is 6.18 Å². The summed E-state index contributed by atoms with van der Waals surface area (Å²) in [6, 6.07) is 1.78. The van der Waals surface area contributed by atoms with Crippen LogP contribution < -0.4 is 5.73 Å². The fourth-order valence-electron chi connectivity index (χ4n) is 0.925. The zero-order valence-electron chi connectivity index (χ0n) is 6.73. The summed E-state index contributed by atoms with van der Waals surface area (Å²) >= 11 is 2.72. The molecule has 0 aliphatic rings. The third-order valence-corrected chi connectivity index (χ3v) is 2.26. The van der Waals surface area contributed by atoms with E-state index < -0.39 is 11.7 Å². The molecule has 0 fully saturated rings. The van der Waals surface area contributed by atoms with Gasteiger partial charge in [-0.05, 0) is 12.1 Å². The average Bonchev–Trinajstić information content (AvgIpc) is 2.06. The topological polar surface area (TPSA) is 43.1 Å². The molecule has 14 heavy (non-hydrogen) atoms. The number of hydrogen-bond donors (Lipinski definition) is 1.